The minimum absolute atomic E-state index is 0.0323. The quantitative estimate of drug-likeness (QED) is 0.165. The number of fused-ring (bicyclic) bond motifs is 9. The second-order valence-corrected chi connectivity index (χ2v) is 25.6. The van der Waals surface area contributed by atoms with Crippen LogP contribution in [0.3, 0.4) is 0 Å². The van der Waals surface area contributed by atoms with E-state index in [9.17, 15) is 0 Å². The Kier molecular flexibility index (Phi) is 9.39. The van der Waals surface area contributed by atoms with Gasteiger partial charge >= 0.3 is 0 Å². The fourth-order valence-electron chi connectivity index (χ4n) is 12.5. The molecule has 0 radical (unpaired) electrons. The van der Waals surface area contributed by atoms with Crippen LogP contribution in [0.15, 0.2) is 114 Å². The Labute approximate surface area is 402 Å². The first-order valence-corrected chi connectivity index (χ1v) is 25.2. The van der Waals surface area contributed by atoms with Gasteiger partial charge in [0.05, 0.1) is 17.0 Å². The van der Waals surface area contributed by atoms with Crippen LogP contribution in [0.4, 0.5) is 34.1 Å². The summed E-state index contributed by atoms with van der Waals surface area (Å²) in [6, 6.07) is 42.8. The molecule has 0 fully saturated rings. The van der Waals surface area contributed by atoms with Crippen LogP contribution in [0.5, 0.6) is 0 Å². The van der Waals surface area contributed by atoms with Crippen molar-refractivity contribution >= 4 is 68.4 Å². The number of anilines is 6. The smallest absolute Gasteiger partial charge is 0.297 e. The highest BCUT2D eigenvalue weighted by Crippen LogP contribution is 2.56. The van der Waals surface area contributed by atoms with E-state index in [1.165, 1.54) is 102 Å². The summed E-state index contributed by atoms with van der Waals surface area (Å²) in [5.74, 6) is 0. The van der Waals surface area contributed by atoms with Crippen LogP contribution in [0.25, 0.3) is 22.1 Å². The van der Waals surface area contributed by atoms with Crippen LogP contribution in [-0.2, 0) is 32.5 Å². The lowest BCUT2D eigenvalue weighted by Crippen LogP contribution is -2.62. The number of aryl methyl sites for hydroxylation is 1. The molecule has 4 heteroatoms. The number of nitrogens with zero attached hydrogens (tertiary/aromatic N) is 2. The van der Waals surface area contributed by atoms with Gasteiger partial charge < -0.3 is 14.2 Å². The standard InChI is InChI=1S/C63H71BN2O/c1-38-21-28-52-44(33-38)55-57(67-52)64-48-26-25-46-53(63(14,15)32-31-61(46,10)11)56(48)65(42-23-24-45-47(37-42)62(12,13)30-29-60(45,8)9)50-35-41(59(5,6)7)36-51(54(50)64)66(55)49-27-22-40(58(2,3)4)34-43(49)39-19-17-16-18-20-39/h16-28,33-37H,29-32H2,1-15H3. The molecule has 3 heterocycles. The van der Waals surface area contributed by atoms with E-state index in [1.54, 1.807) is 0 Å². The molecule has 0 unspecified atom stereocenters. The van der Waals surface area contributed by atoms with Gasteiger partial charge in [-0.15, -0.1) is 0 Å². The van der Waals surface area contributed by atoms with E-state index >= 15 is 0 Å². The molecule has 0 saturated heterocycles. The number of hydrogen-bond acceptors (Lipinski definition) is 3. The third-order valence-corrected chi connectivity index (χ3v) is 16.9. The predicted molar refractivity (Wildman–Crippen MR) is 288 cm³/mol. The number of rotatable bonds is 3. The molecule has 6 aromatic carbocycles. The van der Waals surface area contributed by atoms with Gasteiger partial charge in [0.1, 0.15) is 5.58 Å². The summed E-state index contributed by atoms with van der Waals surface area (Å²) in [6.45, 7) is 36.0. The zero-order chi connectivity index (χ0) is 47.5. The van der Waals surface area contributed by atoms with Crippen molar-refractivity contribution in [2.75, 3.05) is 9.80 Å². The third-order valence-electron chi connectivity index (χ3n) is 16.9. The summed E-state index contributed by atoms with van der Waals surface area (Å²) in [6.07, 6.45) is 4.65. The van der Waals surface area contributed by atoms with E-state index in [4.69, 9.17) is 4.42 Å². The highest BCUT2D eigenvalue weighted by atomic mass is 16.3. The Morgan fingerprint density at radius 3 is 1.81 bits per heavy atom. The molecular formula is C63H71BN2O. The molecule has 3 nitrogen and oxygen atoms in total. The summed E-state index contributed by atoms with van der Waals surface area (Å²) < 4.78 is 7.47. The van der Waals surface area contributed by atoms with Gasteiger partial charge in [0.2, 0.25) is 0 Å². The summed E-state index contributed by atoms with van der Waals surface area (Å²) in [5, 5.41) is 1.16. The highest BCUT2D eigenvalue weighted by molar-refractivity contribution is 7.00. The van der Waals surface area contributed by atoms with Gasteiger partial charge in [-0.1, -0.05) is 163 Å². The largest absolute Gasteiger partial charge is 0.468 e. The lowest BCUT2D eigenvalue weighted by molar-refractivity contribution is 0.331. The maximum Gasteiger partial charge on any atom is 0.297 e. The second kappa shape index (κ2) is 14.3. The molecule has 0 bridgehead atoms. The molecule has 342 valence electrons. The minimum atomic E-state index is -0.147. The average molecular weight is 883 g/mol. The topological polar surface area (TPSA) is 19.6 Å². The Hall–Kier alpha value is -5.48. The van der Waals surface area contributed by atoms with Crippen molar-refractivity contribution in [3.8, 4) is 11.1 Å². The zero-order valence-electron chi connectivity index (χ0n) is 43.1. The van der Waals surface area contributed by atoms with E-state index < -0.39 is 0 Å². The molecular weight excluding hydrogens is 812 g/mol. The van der Waals surface area contributed by atoms with Gasteiger partial charge in [0.25, 0.3) is 6.71 Å². The molecule has 0 atom stereocenters. The molecule has 2 aliphatic heterocycles. The van der Waals surface area contributed by atoms with Gasteiger partial charge in [0, 0.05) is 33.7 Å². The Morgan fingerprint density at radius 2 is 1.13 bits per heavy atom. The molecule has 1 aromatic heterocycles. The number of hydrogen-bond donors (Lipinski definition) is 0. The fourth-order valence-corrected chi connectivity index (χ4v) is 12.5. The highest BCUT2D eigenvalue weighted by Gasteiger charge is 2.51. The van der Waals surface area contributed by atoms with Crippen LogP contribution >= 0.6 is 0 Å². The maximum atomic E-state index is 7.47. The summed E-state index contributed by atoms with van der Waals surface area (Å²) >= 11 is 0. The van der Waals surface area contributed by atoms with Gasteiger partial charge in [-0.05, 0) is 163 Å². The first-order chi connectivity index (χ1) is 31.4. The van der Waals surface area contributed by atoms with E-state index in [-0.39, 0.29) is 39.2 Å². The van der Waals surface area contributed by atoms with Crippen molar-refractivity contribution in [2.24, 2.45) is 0 Å². The Bertz CT molecular complexity index is 3180. The molecule has 7 aromatic rings. The average Bonchev–Trinajstić information content (AvgIpc) is 3.64. The van der Waals surface area contributed by atoms with Crippen LogP contribution in [0.1, 0.15) is 162 Å². The van der Waals surface area contributed by atoms with Crippen LogP contribution in [0, 0.1) is 6.92 Å². The van der Waals surface area contributed by atoms with Gasteiger partial charge in [-0.25, -0.2) is 0 Å². The molecule has 2 aliphatic carbocycles. The monoisotopic (exact) mass is 883 g/mol. The van der Waals surface area contributed by atoms with E-state index in [0.29, 0.717) is 0 Å². The van der Waals surface area contributed by atoms with Crippen LogP contribution < -0.4 is 26.4 Å². The van der Waals surface area contributed by atoms with Crippen molar-refractivity contribution in [1.29, 1.82) is 0 Å². The third kappa shape index (κ3) is 6.65. The van der Waals surface area contributed by atoms with Crippen molar-refractivity contribution in [2.45, 2.75) is 162 Å². The molecule has 0 N–H and O–H groups in total. The number of benzene rings is 6. The number of furan rings is 1. The molecule has 0 saturated carbocycles. The Morgan fingerprint density at radius 1 is 0.522 bits per heavy atom. The molecule has 4 aliphatic rings. The van der Waals surface area contributed by atoms with Crippen LogP contribution in [0.2, 0.25) is 0 Å². The summed E-state index contributed by atoms with van der Waals surface area (Å²) in [7, 11) is 0. The lowest BCUT2D eigenvalue weighted by Gasteiger charge is -2.49. The van der Waals surface area contributed by atoms with E-state index in [2.05, 4.69) is 223 Å². The molecule has 11 rings (SSSR count). The van der Waals surface area contributed by atoms with Crippen molar-refractivity contribution in [3.05, 3.63) is 148 Å². The Balaban J connectivity index is 1.32. The van der Waals surface area contributed by atoms with Crippen molar-refractivity contribution in [3.63, 3.8) is 0 Å². The molecule has 0 amide bonds. The molecule has 67 heavy (non-hydrogen) atoms. The minimum Gasteiger partial charge on any atom is -0.468 e. The first kappa shape index (κ1) is 44.1. The van der Waals surface area contributed by atoms with Crippen molar-refractivity contribution in [1.82, 2.24) is 0 Å². The lowest BCUT2D eigenvalue weighted by atomic mass is 9.35. The second-order valence-electron chi connectivity index (χ2n) is 25.6. The SMILES string of the molecule is Cc1ccc2oc3c(c2c1)N(c1ccc(C(C)(C)C)cc1-c1ccccc1)c1cc(C(C)(C)C)cc2c1B3c1ccc3c(c1N2c1ccc2c(c1)C(C)(C)CCC2(C)C)C(C)(C)CCC3(C)C. The normalized spacial score (nSPS) is 18.5. The van der Waals surface area contributed by atoms with Crippen LogP contribution in [-0.4, -0.2) is 6.71 Å². The summed E-state index contributed by atoms with van der Waals surface area (Å²) in [5.41, 5.74) is 24.2. The van der Waals surface area contributed by atoms with Gasteiger partial charge in [0.15, 0.2) is 0 Å². The fraction of sp³-hybridized carbons (Fsp3) is 0.397. The zero-order valence-corrected chi connectivity index (χ0v) is 43.1. The maximum absolute atomic E-state index is 7.47. The van der Waals surface area contributed by atoms with Crippen molar-refractivity contribution < 1.29 is 4.42 Å². The predicted octanol–water partition coefficient (Wildman–Crippen LogP) is 15.8. The van der Waals surface area contributed by atoms with E-state index in [0.717, 1.165) is 35.2 Å². The van der Waals surface area contributed by atoms with Gasteiger partial charge in [-0.2, -0.15) is 0 Å². The molecule has 0 spiro atoms. The van der Waals surface area contributed by atoms with Gasteiger partial charge in [-0.3, -0.25) is 0 Å². The summed E-state index contributed by atoms with van der Waals surface area (Å²) in [4.78, 5) is 5.36. The van der Waals surface area contributed by atoms with E-state index in [1.807, 2.05) is 0 Å². The first-order valence-electron chi connectivity index (χ1n) is 25.2.